The van der Waals surface area contributed by atoms with Crippen LogP contribution in [0.2, 0.25) is 5.15 Å². The Labute approximate surface area is 142 Å². The zero-order valence-electron chi connectivity index (χ0n) is 13.7. The fourth-order valence-electron chi connectivity index (χ4n) is 2.66. The summed E-state index contributed by atoms with van der Waals surface area (Å²) in [5, 5.41) is 0.376. The molecule has 1 aromatic heterocycles. The van der Waals surface area contributed by atoms with Crippen molar-refractivity contribution in [3.63, 3.8) is 0 Å². The van der Waals surface area contributed by atoms with Crippen LogP contribution >= 0.6 is 11.6 Å². The average molecular weight is 339 g/mol. The van der Waals surface area contributed by atoms with Crippen LogP contribution in [0.4, 0.5) is 0 Å². The van der Waals surface area contributed by atoms with Crippen molar-refractivity contribution >= 4 is 23.4 Å². The van der Waals surface area contributed by atoms with E-state index in [0.717, 1.165) is 13.1 Å². The van der Waals surface area contributed by atoms with E-state index in [-0.39, 0.29) is 11.8 Å². The molecule has 1 saturated heterocycles. The van der Waals surface area contributed by atoms with Crippen LogP contribution in [0.3, 0.4) is 0 Å². The summed E-state index contributed by atoms with van der Waals surface area (Å²) in [4.78, 5) is 34.2. The third-order valence-electron chi connectivity index (χ3n) is 4.11. The van der Waals surface area contributed by atoms with Gasteiger partial charge in [0.05, 0.1) is 12.1 Å². The quantitative estimate of drug-likeness (QED) is 0.761. The molecule has 6 nitrogen and oxygen atoms in total. The number of nitrogens with zero attached hydrogens (tertiary/aromatic N) is 4. The van der Waals surface area contributed by atoms with Crippen LogP contribution in [0, 0.1) is 0 Å². The Hall–Kier alpha value is -1.66. The minimum absolute atomic E-state index is 0.0381. The van der Waals surface area contributed by atoms with E-state index in [9.17, 15) is 9.59 Å². The van der Waals surface area contributed by atoms with Crippen LogP contribution in [-0.2, 0) is 4.79 Å². The molecule has 0 bridgehead atoms. The summed E-state index contributed by atoms with van der Waals surface area (Å²) in [6.07, 6.45) is 1.50. The maximum absolute atomic E-state index is 12.4. The van der Waals surface area contributed by atoms with Crippen LogP contribution in [0.1, 0.15) is 24.2 Å². The molecule has 2 amide bonds. The summed E-state index contributed by atoms with van der Waals surface area (Å²) in [5.74, 6) is 0.112. The summed E-state index contributed by atoms with van der Waals surface area (Å²) in [6.45, 7) is 8.51. The van der Waals surface area contributed by atoms with E-state index in [2.05, 4.69) is 9.88 Å². The Bertz CT molecular complexity index is 538. The summed E-state index contributed by atoms with van der Waals surface area (Å²) >= 11 is 5.74. The molecular weight excluding hydrogens is 316 g/mol. The molecular formula is C16H23ClN4O2. The van der Waals surface area contributed by atoms with Crippen molar-refractivity contribution in [2.45, 2.75) is 13.8 Å². The second-order valence-corrected chi connectivity index (χ2v) is 5.89. The fraction of sp³-hybridized carbons (Fsp3) is 0.562. The third-order valence-corrected chi connectivity index (χ3v) is 4.33. The Kier molecular flexibility index (Phi) is 6.36. The van der Waals surface area contributed by atoms with Crippen molar-refractivity contribution < 1.29 is 9.59 Å². The summed E-state index contributed by atoms with van der Waals surface area (Å²) in [5.41, 5.74) is 0.544. The van der Waals surface area contributed by atoms with Gasteiger partial charge < -0.3 is 9.80 Å². The molecule has 0 unspecified atom stereocenters. The molecule has 1 fully saturated rings. The molecule has 0 aromatic carbocycles. The second kappa shape index (κ2) is 8.26. The van der Waals surface area contributed by atoms with Gasteiger partial charge in [0.2, 0.25) is 5.91 Å². The van der Waals surface area contributed by atoms with Gasteiger partial charge in [0.25, 0.3) is 5.91 Å². The Morgan fingerprint density at radius 1 is 1.17 bits per heavy atom. The van der Waals surface area contributed by atoms with Crippen molar-refractivity contribution in [1.82, 2.24) is 19.7 Å². The molecule has 2 rings (SSSR count). The number of likely N-dealkylation sites (N-methyl/N-ethyl adjacent to an activating group) is 1. The maximum atomic E-state index is 12.4. The highest BCUT2D eigenvalue weighted by Crippen LogP contribution is 2.11. The first-order chi connectivity index (χ1) is 11.0. The zero-order valence-corrected chi connectivity index (χ0v) is 14.4. The molecule has 0 spiro atoms. The number of amides is 2. The zero-order chi connectivity index (χ0) is 16.8. The minimum atomic E-state index is -0.0381. The summed E-state index contributed by atoms with van der Waals surface area (Å²) in [6, 6.07) is 3.31. The molecule has 0 atom stereocenters. The number of halogens is 1. The van der Waals surface area contributed by atoms with Gasteiger partial charge in [-0.3, -0.25) is 14.5 Å². The predicted molar refractivity (Wildman–Crippen MR) is 89.5 cm³/mol. The molecule has 0 saturated carbocycles. The van der Waals surface area contributed by atoms with Crippen molar-refractivity contribution in [3.05, 3.63) is 29.0 Å². The molecule has 23 heavy (non-hydrogen) atoms. The largest absolute Gasteiger partial charge is 0.342 e. The SMILES string of the molecule is CCN(CC)C(=O)CN1CCN(C(=O)c2ccc(Cl)nc2)CC1. The van der Waals surface area contributed by atoms with Crippen LogP contribution < -0.4 is 0 Å². The number of carbonyl (C=O) groups excluding carboxylic acids is 2. The van der Waals surface area contributed by atoms with Gasteiger partial charge in [0, 0.05) is 45.5 Å². The van der Waals surface area contributed by atoms with E-state index >= 15 is 0 Å². The van der Waals surface area contributed by atoms with Crippen LogP contribution in [0.15, 0.2) is 18.3 Å². The molecule has 1 aliphatic rings. The highest BCUT2D eigenvalue weighted by atomic mass is 35.5. The Morgan fingerprint density at radius 2 is 1.83 bits per heavy atom. The Balaban J connectivity index is 1.85. The maximum Gasteiger partial charge on any atom is 0.255 e. The number of hydrogen-bond donors (Lipinski definition) is 0. The molecule has 126 valence electrons. The first kappa shape index (κ1) is 17.7. The van der Waals surface area contributed by atoms with E-state index in [0.29, 0.717) is 43.4 Å². The van der Waals surface area contributed by atoms with Gasteiger partial charge in [-0.15, -0.1) is 0 Å². The molecule has 0 radical (unpaired) electrons. The number of aromatic nitrogens is 1. The van der Waals surface area contributed by atoms with Crippen molar-refractivity contribution in [3.8, 4) is 0 Å². The van der Waals surface area contributed by atoms with Gasteiger partial charge >= 0.3 is 0 Å². The van der Waals surface area contributed by atoms with E-state index in [1.165, 1.54) is 6.20 Å². The lowest BCUT2D eigenvalue weighted by Crippen LogP contribution is -2.51. The normalized spacial score (nSPS) is 15.5. The monoisotopic (exact) mass is 338 g/mol. The minimum Gasteiger partial charge on any atom is -0.342 e. The molecule has 7 heteroatoms. The highest BCUT2D eigenvalue weighted by molar-refractivity contribution is 6.29. The summed E-state index contributed by atoms with van der Waals surface area (Å²) < 4.78 is 0. The number of carbonyl (C=O) groups is 2. The number of pyridine rings is 1. The number of piperazine rings is 1. The van der Waals surface area contributed by atoms with Crippen molar-refractivity contribution in [2.75, 3.05) is 45.8 Å². The van der Waals surface area contributed by atoms with Crippen LogP contribution in [0.25, 0.3) is 0 Å². The van der Waals surface area contributed by atoms with Gasteiger partial charge in [-0.2, -0.15) is 0 Å². The Morgan fingerprint density at radius 3 is 2.35 bits per heavy atom. The lowest BCUT2D eigenvalue weighted by atomic mass is 10.2. The summed E-state index contributed by atoms with van der Waals surface area (Å²) in [7, 11) is 0. The second-order valence-electron chi connectivity index (χ2n) is 5.50. The van der Waals surface area contributed by atoms with Gasteiger partial charge in [-0.25, -0.2) is 4.98 Å². The van der Waals surface area contributed by atoms with Gasteiger partial charge in [-0.05, 0) is 26.0 Å². The van der Waals surface area contributed by atoms with Crippen LogP contribution in [-0.4, -0.2) is 77.3 Å². The van der Waals surface area contributed by atoms with Gasteiger partial charge in [0.15, 0.2) is 0 Å². The van der Waals surface area contributed by atoms with E-state index in [1.807, 2.05) is 18.7 Å². The standard InChI is InChI=1S/C16H23ClN4O2/c1-3-20(4-2)15(22)12-19-7-9-21(10-8-19)16(23)13-5-6-14(17)18-11-13/h5-6,11H,3-4,7-10,12H2,1-2H3. The number of hydrogen-bond acceptors (Lipinski definition) is 4. The topological polar surface area (TPSA) is 56.8 Å². The smallest absolute Gasteiger partial charge is 0.255 e. The van der Waals surface area contributed by atoms with Crippen molar-refractivity contribution in [2.24, 2.45) is 0 Å². The van der Waals surface area contributed by atoms with Gasteiger partial charge in [0.1, 0.15) is 5.15 Å². The first-order valence-corrected chi connectivity index (χ1v) is 8.33. The van der Waals surface area contributed by atoms with Crippen LogP contribution in [0.5, 0.6) is 0 Å². The first-order valence-electron chi connectivity index (χ1n) is 7.96. The van der Waals surface area contributed by atoms with E-state index in [4.69, 9.17) is 11.6 Å². The predicted octanol–water partition coefficient (Wildman–Crippen LogP) is 1.36. The molecule has 1 aliphatic heterocycles. The average Bonchev–Trinajstić information content (AvgIpc) is 2.57. The molecule has 2 heterocycles. The fourth-order valence-corrected chi connectivity index (χ4v) is 2.77. The lowest BCUT2D eigenvalue weighted by molar-refractivity contribution is -0.132. The van der Waals surface area contributed by atoms with E-state index in [1.54, 1.807) is 17.0 Å². The van der Waals surface area contributed by atoms with E-state index < -0.39 is 0 Å². The lowest BCUT2D eigenvalue weighted by Gasteiger charge is -2.35. The molecule has 1 aromatic rings. The van der Waals surface area contributed by atoms with Gasteiger partial charge in [-0.1, -0.05) is 11.6 Å². The third kappa shape index (κ3) is 4.65. The van der Waals surface area contributed by atoms with Crippen molar-refractivity contribution in [1.29, 1.82) is 0 Å². The molecule has 0 N–H and O–H groups in total. The number of rotatable bonds is 5. The highest BCUT2D eigenvalue weighted by Gasteiger charge is 2.24. The molecule has 0 aliphatic carbocycles.